The van der Waals surface area contributed by atoms with E-state index in [2.05, 4.69) is 43.4 Å². The van der Waals surface area contributed by atoms with Gasteiger partial charge >= 0.3 is 0 Å². The first-order chi connectivity index (χ1) is 10.3. The van der Waals surface area contributed by atoms with Crippen LogP contribution in [0.5, 0.6) is 0 Å². The molecule has 1 aliphatic carbocycles. The van der Waals surface area contributed by atoms with Crippen LogP contribution in [0.1, 0.15) is 55.3 Å². The number of hydrogen-bond acceptors (Lipinski definition) is 3. The Hall–Kier alpha value is -1.19. The Kier molecular flexibility index (Phi) is 4.71. The molecule has 0 radical (unpaired) electrons. The molecule has 2 nitrogen and oxygen atoms in total. The Balaban J connectivity index is 1.86. The quantitative estimate of drug-likeness (QED) is 0.862. The predicted molar refractivity (Wildman–Crippen MR) is 90.9 cm³/mol. The zero-order valence-corrected chi connectivity index (χ0v) is 13.8. The number of thiazole rings is 1. The number of fused-ring (bicyclic) bond motifs is 1. The highest BCUT2D eigenvalue weighted by Crippen LogP contribution is 2.37. The molecule has 0 amide bonds. The molecule has 0 aliphatic heterocycles. The maximum atomic E-state index is 4.97. The lowest BCUT2D eigenvalue weighted by Crippen LogP contribution is -2.25. The van der Waals surface area contributed by atoms with E-state index in [1.54, 1.807) is 0 Å². The summed E-state index contributed by atoms with van der Waals surface area (Å²) in [5, 5.41) is 4.84. The van der Waals surface area contributed by atoms with Gasteiger partial charge in [-0.15, -0.1) is 11.3 Å². The van der Waals surface area contributed by atoms with E-state index in [0.717, 1.165) is 13.0 Å². The van der Waals surface area contributed by atoms with Crippen molar-refractivity contribution in [3.8, 4) is 10.6 Å². The molecule has 21 heavy (non-hydrogen) atoms. The number of aromatic nitrogens is 1. The summed E-state index contributed by atoms with van der Waals surface area (Å²) in [6.07, 6.45) is 5.99. The number of nitrogens with one attached hydrogen (secondary N) is 1. The molecule has 1 aromatic heterocycles. The van der Waals surface area contributed by atoms with E-state index in [0.29, 0.717) is 6.04 Å². The molecule has 3 rings (SSSR count). The Morgan fingerprint density at radius 1 is 1.24 bits per heavy atom. The van der Waals surface area contributed by atoms with E-state index in [-0.39, 0.29) is 0 Å². The molecule has 1 aliphatic rings. The minimum atomic E-state index is 0.466. The molecule has 1 unspecified atom stereocenters. The van der Waals surface area contributed by atoms with Crippen molar-refractivity contribution in [3.05, 3.63) is 40.4 Å². The van der Waals surface area contributed by atoms with E-state index in [9.17, 15) is 0 Å². The minimum Gasteiger partial charge on any atom is -0.309 e. The average molecular weight is 300 g/mol. The number of nitrogens with zero attached hydrogens (tertiary/aromatic N) is 1. The van der Waals surface area contributed by atoms with Gasteiger partial charge in [0.1, 0.15) is 5.01 Å². The summed E-state index contributed by atoms with van der Waals surface area (Å²) in [4.78, 5) is 6.46. The summed E-state index contributed by atoms with van der Waals surface area (Å²) in [7, 11) is 0. The fraction of sp³-hybridized carbons (Fsp3) is 0.500. The topological polar surface area (TPSA) is 24.9 Å². The Morgan fingerprint density at radius 3 is 2.76 bits per heavy atom. The molecule has 3 heteroatoms. The SMILES string of the molecule is CCCNC1CCCc2sc(-c3ccc(CC)cc3)nc21. The highest BCUT2D eigenvalue weighted by atomic mass is 32.1. The minimum absolute atomic E-state index is 0.466. The molecule has 0 fully saturated rings. The molecule has 1 heterocycles. The van der Waals surface area contributed by atoms with Crippen molar-refractivity contribution >= 4 is 11.3 Å². The molecule has 2 aromatic rings. The first-order valence-corrected chi connectivity index (χ1v) is 8.95. The second kappa shape index (κ2) is 6.71. The van der Waals surface area contributed by atoms with Crippen molar-refractivity contribution in [1.82, 2.24) is 10.3 Å². The third-order valence-corrected chi connectivity index (χ3v) is 5.38. The number of benzene rings is 1. The van der Waals surface area contributed by atoms with Crippen LogP contribution in [0.25, 0.3) is 10.6 Å². The lowest BCUT2D eigenvalue weighted by molar-refractivity contribution is 0.454. The molecular formula is C18H24N2S. The number of hydrogen-bond donors (Lipinski definition) is 1. The van der Waals surface area contributed by atoms with E-state index in [1.807, 2.05) is 11.3 Å². The lowest BCUT2D eigenvalue weighted by Gasteiger charge is -2.22. The smallest absolute Gasteiger partial charge is 0.123 e. The highest BCUT2D eigenvalue weighted by Gasteiger charge is 2.24. The molecule has 1 N–H and O–H groups in total. The summed E-state index contributed by atoms with van der Waals surface area (Å²) >= 11 is 1.89. The van der Waals surface area contributed by atoms with Gasteiger partial charge in [0.2, 0.25) is 0 Å². The molecule has 1 atom stereocenters. The Morgan fingerprint density at radius 2 is 2.05 bits per heavy atom. The molecule has 0 spiro atoms. The van der Waals surface area contributed by atoms with Crippen LogP contribution in [0.2, 0.25) is 0 Å². The standard InChI is InChI=1S/C18H24N2S/c1-3-12-19-15-6-5-7-16-17(15)20-18(21-16)14-10-8-13(4-2)9-11-14/h8-11,15,19H,3-7,12H2,1-2H3. The first-order valence-electron chi connectivity index (χ1n) is 8.14. The van der Waals surface area contributed by atoms with Crippen LogP contribution >= 0.6 is 11.3 Å². The van der Waals surface area contributed by atoms with Gasteiger partial charge in [-0.1, -0.05) is 38.1 Å². The lowest BCUT2D eigenvalue weighted by atomic mass is 9.97. The van der Waals surface area contributed by atoms with Gasteiger partial charge in [0.05, 0.1) is 11.7 Å². The van der Waals surface area contributed by atoms with Crippen LogP contribution in [0.15, 0.2) is 24.3 Å². The second-order valence-corrected chi connectivity index (χ2v) is 6.86. The van der Waals surface area contributed by atoms with E-state index < -0.39 is 0 Å². The summed E-state index contributed by atoms with van der Waals surface area (Å²) in [5.41, 5.74) is 3.97. The number of aryl methyl sites for hydroxylation is 2. The van der Waals surface area contributed by atoms with Gasteiger partial charge in [-0.3, -0.25) is 0 Å². The Labute approximate surface area is 131 Å². The van der Waals surface area contributed by atoms with Crippen LogP contribution in [0, 0.1) is 0 Å². The zero-order chi connectivity index (χ0) is 14.7. The van der Waals surface area contributed by atoms with E-state index in [4.69, 9.17) is 4.98 Å². The van der Waals surface area contributed by atoms with E-state index in [1.165, 1.54) is 52.4 Å². The summed E-state index contributed by atoms with van der Waals surface area (Å²) in [5.74, 6) is 0. The van der Waals surface area contributed by atoms with Crippen molar-refractivity contribution in [2.45, 2.75) is 52.0 Å². The predicted octanol–water partition coefficient (Wildman–Crippen LogP) is 4.75. The molecular weight excluding hydrogens is 276 g/mol. The normalized spacial score (nSPS) is 17.7. The monoisotopic (exact) mass is 300 g/mol. The van der Waals surface area contributed by atoms with Crippen LogP contribution < -0.4 is 5.32 Å². The number of rotatable bonds is 5. The third kappa shape index (κ3) is 3.19. The van der Waals surface area contributed by atoms with Crippen LogP contribution in [0.3, 0.4) is 0 Å². The van der Waals surface area contributed by atoms with Gasteiger partial charge in [-0.2, -0.15) is 0 Å². The Bertz CT molecular complexity index is 586. The van der Waals surface area contributed by atoms with Crippen molar-refractivity contribution < 1.29 is 0 Å². The average Bonchev–Trinajstić information content (AvgIpc) is 2.97. The van der Waals surface area contributed by atoms with Gasteiger partial charge < -0.3 is 5.32 Å². The molecule has 0 bridgehead atoms. The molecule has 0 saturated carbocycles. The van der Waals surface area contributed by atoms with Crippen molar-refractivity contribution in [2.24, 2.45) is 0 Å². The van der Waals surface area contributed by atoms with Gasteiger partial charge in [0.25, 0.3) is 0 Å². The largest absolute Gasteiger partial charge is 0.309 e. The van der Waals surface area contributed by atoms with E-state index >= 15 is 0 Å². The van der Waals surface area contributed by atoms with Crippen LogP contribution in [-0.4, -0.2) is 11.5 Å². The molecule has 112 valence electrons. The van der Waals surface area contributed by atoms with Gasteiger partial charge in [-0.05, 0) is 44.2 Å². The maximum Gasteiger partial charge on any atom is 0.123 e. The summed E-state index contributed by atoms with van der Waals surface area (Å²) in [6.45, 7) is 5.50. The fourth-order valence-corrected chi connectivity index (χ4v) is 4.11. The van der Waals surface area contributed by atoms with Gasteiger partial charge in [-0.25, -0.2) is 4.98 Å². The van der Waals surface area contributed by atoms with Crippen molar-refractivity contribution in [1.29, 1.82) is 0 Å². The summed E-state index contributed by atoms with van der Waals surface area (Å²) in [6, 6.07) is 9.36. The zero-order valence-electron chi connectivity index (χ0n) is 13.0. The van der Waals surface area contributed by atoms with Crippen LogP contribution in [0.4, 0.5) is 0 Å². The van der Waals surface area contributed by atoms with Crippen molar-refractivity contribution in [2.75, 3.05) is 6.54 Å². The van der Waals surface area contributed by atoms with Crippen LogP contribution in [-0.2, 0) is 12.8 Å². The fourth-order valence-electron chi connectivity index (χ4n) is 2.94. The maximum absolute atomic E-state index is 4.97. The van der Waals surface area contributed by atoms with Crippen molar-refractivity contribution in [3.63, 3.8) is 0 Å². The third-order valence-electron chi connectivity index (χ3n) is 4.20. The highest BCUT2D eigenvalue weighted by molar-refractivity contribution is 7.15. The van der Waals surface area contributed by atoms with Gasteiger partial charge in [0.15, 0.2) is 0 Å². The summed E-state index contributed by atoms with van der Waals surface area (Å²) < 4.78 is 0. The first kappa shape index (κ1) is 14.7. The van der Waals surface area contributed by atoms with Gasteiger partial charge in [0, 0.05) is 10.4 Å². The second-order valence-electron chi connectivity index (χ2n) is 5.78. The molecule has 0 saturated heterocycles. The molecule has 1 aromatic carbocycles.